The van der Waals surface area contributed by atoms with Crippen LogP contribution < -0.4 is 15.4 Å². The van der Waals surface area contributed by atoms with E-state index in [1.54, 1.807) is 13.3 Å². The number of carbonyl (C=O) groups is 1. The summed E-state index contributed by atoms with van der Waals surface area (Å²) in [6.45, 7) is 4.46. The number of amides is 2. The van der Waals surface area contributed by atoms with E-state index in [-0.39, 0.29) is 18.0 Å². The average molecular weight is 348 g/mol. The number of nitrogens with zero attached hydrogens (tertiary/aromatic N) is 1. The molecule has 5 nitrogen and oxygen atoms in total. The van der Waals surface area contributed by atoms with E-state index in [1.807, 2.05) is 36.4 Å². The average Bonchev–Trinajstić information content (AvgIpc) is 2.58. The van der Waals surface area contributed by atoms with Gasteiger partial charge in [0.2, 0.25) is 5.88 Å². The zero-order chi connectivity index (χ0) is 17.5. The summed E-state index contributed by atoms with van der Waals surface area (Å²) in [6, 6.07) is 10.8. The van der Waals surface area contributed by atoms with Crippen molar-refractivity contribution in [2.75, 3.05) is 7.11 Å². The van der Waals surface area contributed by atoms with Gasteiger partial charge in [-0.15, -0.1) is 0 Å². The molecule has 24 heavy (non-hydrogen) atoms. The molecule has 0 unspecified atom stereocenters. The molecule has 0 aliphatic heterocycles. The van der Waals surface area contributed by atoms with Crippen molar-refractivity contribution in [2.24, 2.45) is 5.92 Å². The van der Waals surface area contributed by atoms with Crippen molar-refractivity contribution in [3.8, 4) is 5.88 Å². The van der Waals surface area contributed by atoms with Gasteiger partial charge in [0.05, 0.1) is 13.2 Å². The molecule has 0 aliphatic carbocycles. The van der Waals surface area contributed by atoms with Crippen molar-refractivity contribution in [1.82, 2.24) is 15.6 Å². The molecule has 1 heterocycles. The van der Waals surface area contributed by atoms with Crippen LogP contribution in [0.5, 0.6) is 5.88 Å². The Kier molecular flexibility index (Phi) is 6.44. The van der Waals surface area contributed by atoms with Crippen LogP contribution in [0.1, 0.15) is 31.0 Å². The molecular weight excluding hydrogens is 326 g/mol. The third kappa shape index (κ3) is 4.86. The lowest BCUT2D eigenvalue weighted by Gasteiger charge is -2.23. The maximum absolute atomic E-state index is 12.3. The molecule has 1 atom stereocenters. The van der Waals surface area contributed by atoms with Gasteiger partial charge in [0.25, 0.3) is 0 Å². The second kappa shape index (κ2) is 8.55. The van der Waals surface area contributed by atoms with E-state index in [0.717, 1.165) is 11.1 Å². The summed E-state index contributed by atoms with van der Waals surface area (Å²) < 4.78 is 5.18. The van der Waals surface area contributed by atoms with Crippen LogP contribution >= 0.6 is 11.6 Å². The SMILES string of the molecule is COc1ncccc1CNC(=O)N[C@H](c1ccc(Cl)cc1)C(C)C. The van der Waals surface area contributed by atoms with E-state index in [0.29, 0.717) is 17.4 Å². The van der Waals surface area contributed by atoms with Gasteiger partial charge in [-0.3, -0.25) is 0 Å². The van der Waals surface area contributed by atoms with Gasteiger partial charge in [-0.25, -0.2) is 9.78 Å². The number of nitrogens with one attached hydrogen (secondary N) is 2. The third-order valence-corrected chi connectivity index (χ3v) is 3.92. The predicted octanol–water partition coefficient (Wildman–Crippen LogP) is 3.94. The lowest BCUT2D eigenvalue weighted by Crippen LogP contribution is -2.39. The zero-order valence-corrected chi connectivity index (χ0v) is 14.8. The van der Waals surface area contributed by atoms with Crippen LogP contribution in [0.2, 0.25) is 5.02 Å². The smallest absolute Gasteiger partial charge is 0.315 e. The molecule has 0 spiro atoms. The summed E-state index contributed by atoms with van der Waals surface area (Å²) in [5.74, 6) is 0.751. The third-order valence-electron chi connectivity index (χ3n) is 3.67. The van der Waals surface area contributed by atoms with Crippen molar-refractivity contribution in [1.29, 1.82) is 0 Å². The molecule has 2 amide bonds. The molecule has 2 rings (SSSR count). The second-order valence-electron chi connectivity index (χ2n) is 5.77. The Morgan fingerprint density at radius 1 is 1.25 bits per heavy atom. The van der Waals surface area contributed by atoms with Gasteiger partial charge in [-0.2, -0.15) is 0 Å². The van der Waals surface area contributed by atoms with Gasteiger partial charge < -0.3 is 15.4 Å². The highest BCUT2D eigenvalue weighted by Gasteiger charge is 2.18. The molecule has 0 fully saturated rings. The fraction of sp³-hybridized carbons (Fsp3) is 0.333. The first-order valence-corrected chi connectivity index (χ1v) is 8.16. The number of hydrogen-bond acceptors (Lipinski definition) is 3. The Hall–Kier alpha value is -2.27. The quantitative estimate of drug-likeness (QED) is 0.831. The van der Waals surface area contributed by atoms with Crippen LogP contribution in [-0.2, 0) is 6.54 Å². The highest BCUT2D eigenvalue weighted by Crippen LogP contribution is 2.23. The van der Waals surface area contributed by atoms with Gasteiger partial charge in [0.15, 0.2) is 0 Å². The summed E-state index contributed by atoms with van der Waals surface area (Å²) in [5.41, 5.74) is 1.84. The number of benzene rings is 1. The Labute approximate surface area is 147 Å². The van der Waals surface area contributed by atoms with E-state index >= 15 is 0 Å². The monoisotopic (exact) mass is 347 g/mol. The molecule has 0 bridgehead atoms. The normalized spacial score (nSPS) is 11.9. The second-order valence-corrected chi connectivity index (χ2v) is 6.21. The number of hydrogen-bond donors (Lipinski definition) is 2. The van der Waals surface area contributed by atoms with Gasteiger partial charge in [-0.05, 0) is 29.7 Å². The largest absolute Gasteiger partial charge is 0.481 e. The summed E-state index contributed by atoms with van der Waals surface area (Å²) in [6.07, 6.45) is 1.65. The summed E-state index contributed by atoms with van der Waals surface area (Å²) in [4.78, 5) is 16.4. The maximum Gasteiger partial charge on any atom is 0.315 e. The first kappa shape index (κ1) is 18.1. The Morgan fingerprint density at radius 3 is 2.58 bits per heavy atom. The number of aromatic nitrogens is 1. The standard InChI is InChI=1S/C18H22ClN3O2/c1-12(2)16(13-6-8-15(19)9-7-13)22-18(23)21-11-14-5-4-10-20-17(14)24-3/h4-10,12,16H,11H2,1-3H3,(H2,21,22,23)/t16-/m0/s1. The van der Waals surface area contributed by atoms with Crippen LogP contribution in [0.4, 0.5) is 4.79 Å². The number of halogens is 1. The number of carbonyl (C=O) groups excluding carboxylic acids is 1. The molecule has 6 heteroatoms. The van der Waals surface area contributed by atoms with E-state index in [2.05, 4.69) is 29.5 Å². The van der Waals surface area contributed by atoms with Crippen LogP contribution in [0, 0.1) is 5.92 Å². The minimum absolute atomic E-state index is 0.0990. The molecular formula is C18H22ClN3O2. The number of rotatable bonds is 6. The number of urea groups is 1. The van der Waals surface area contributed by atoms with Crippen molar-refractivity contribution in [2.45, 2.75) is 26.4 Å². The minimum atomic E-state index is -0.241. The van der Waals surface area contributed by atoms with Gasteiger partial charge in [-0.1, -0.05) is 43.6 Å². The number of ether oxygens (including phenoxy) is 1. The van der Waals surface area contributed by atoms with Crippen LogP contribution in [0.15, 0.2) is 42.6 Å². The fourth-order valence-electron chi connectivity index (χ4n) is 2.42. The van der Waals surface area contributed by atoms with Crippen LogP contribution in [0.3, 0.4) is 0 Å². The maximum atomic E-state index is 12.3. The first-order chi connectivity index (χ1) is 11.5. The predicted molar refractivity (Wildman–Crippen MR) is 95.2 cm³/mol. The van der Waals surface area contributed by atoms with E-state index in [9.17, 15) is 4.79 Å². The van der Waals surface area contributed by atoms with Gasteiger partial charge in [0, 0.05) is 23.3 Å². The topological polar surface area (TPSA) is 63.2 Å². The molecule has 0 aliphatic rings. The summed E-state index contributed by atoms with van der Waals surface area (Å²) in [5, 5.41) is 6.52. The summed E-state index contributed by atoms with van der Waals surface area (Å²) >= 11 is 5.93. The van der Waals surface area contributed by atoms with Crippen molar-refractivity contribution >= 4 is 17.6 Å². The van der Waals surface area contributed by atoms with Crippen molar-refractivity contribution < 1.29 is 9.53 Å². The molecule has 0 saturated carbocycles. The Morgan fingerprint density at radius 2 is 1.96 bits per heavy atom. The molecule has 0 radical (unpaired) electrons. The van der Waals surface area contributed by atoms with E-state index in [1.165, 1.54) is 0 Å². The number of pyridine rings is 1. The first-order valence-electron chi connectivity index (χ1n) is 7.79. The lowest BCUT2D eigenvalue weighted by atomic mass is 9.96. The van der Waals surface area contributed by atoms with Crippen molar-refractivity contribution in [3.63, 3.8) is 0 Å². The fourth-order valence-corrected chi connectivity index (χ4v) is 2.54. The molecule has 0 saturated heterocycles. The van der Waals surface area contributed by atoms with Crippen LogP contribution in [0.25, 0.3) is 0 Å². The van der Waals surface area contributed by atoms with E-state index in [4.69, 9.17) is 16.3 Å². The Balaban J connectivity index is 1.99. The highest BCUT2D eigenvalue weighted by atomic mass is 35.5. The molecule has 128 valence electrons. The highest BCUT2D eigenvalue weighted by molar-refractivity contribution is 6.30. The van der Waals surface area contributed by atoms with E-state index < -0.39 is 0 Å². The molecule has 2 aromatic rings. The van der Waals surface area contributed by atoms with Crippen molar-refractivity contribution in [3.05, 3.63) is 58.7 Å². The lowest BCUT2D eigenvalue weighted by molar-refractivity contribution is 0.232. The van der Waals surface area contributed by atoms with Crippen LogP contribution in [-0.4, -0.2) is 18.1 Å². The Bertz CT molecular complexity index is 674. The number of methoxy groups -OCH3 is 1. The van der Waals surface area contributed by atoms with Gasteiger partial charge >= 0.3 is 6.03 Å². The minimum Gasteiger partial charge on any atom is -0.481 e. The molecule has 1 aromatic carbocycles. The molecule has 2 N–H and O–H groups in total. The van der Waals surface area contributed by atoms with Gasteiger partial charge in [0.1, 0.15) is 0 Å². The summed E-state index contributed by atoms with van der Waals surface area (Å²) in [7, 11) is 1.56. The molecule has 1 aromatic heterocycles. The zero-order valence-electron chi connectivity index (χ0n) is 14.0.